The molecule has 5 heteroatoms. The van der Waals surface area contributed by atoms with Crippen LogP contribution >= 0.6 is 0 Å². The minimum absolute atomic E-state index is 0.0223. The Balaban J connectivity index is 1.55. The van der Waals surface area contributed by atoms with Crippen LogP contribution < -0.4 is 0 Å². The number of amides is 3. The number of hydrogen-bond donors (Lipinski definition) is 0. The summed E-state index contributed by atoms with van der Waals surface area (Å²) in [5, 5.41) is 0. The highest BCUT2D eigenvalue weighted by Gasteiger charge is 2.47. The Kier molecular flexibility index (Phi) is 3.66. The van der Waals surface area contributed by atoms with Crippen LogP contribution in [0.2, 0.25) is 0 Å². The van der Waals surface area contributed by atoms with Crippen molar-refractivity contribution in [2.75, 3.05) is 0 Å². The molecular formula is C19H22N2O3. The van der Waals surface area contributed by atoms with Gasteiger partial charge in [0.05, 0.1) is 0 Å². The van der Waals surface area contributed by atoms with Gasteiger partial charge in [-0.05, 0) is 44.2 Å². The second-order valence-corrected chi connectivity index (χ2v) is 7.20. The molecule has 0 N–H and O–H groups in total. The van der Waals surface area contributed by atoms with Crippen LogP contribution in [0.15, 0.2) is 24.3 Å². The van der Waals surface area contributed by atoms with E-state index in [-0.39, 0.29) is 35.8 Å². The molecule has 2 unspecified atom stereocenters. The number of rotatable bonds is 2. The Bertz CT molecular complexity index is 684. The van der Waals surface area contributed by atoms with Crippen molar-refractivity contribution in [3.05, 3.63) is 35.4 Å². The molecule has 3 heterocycles. The highest BCUT2D eigenvalue weighted by molar-refractivity contribution is 6.02. The Morgan fingerprint density at radius 1 is 0.958 bits per heavy atom. The van der Waals surface area contributed by atoms with Crippen LogP contribution in [0, 0.1) is 6.92 Å². The molecule has 0 spiro atoms. The highest BCUT2D eigenvalue weighted by Crippen LogP contribution is 2.39. The summed E-state index contributed by atoms with van der Waals surface area (Å²) in [4.78, 5) is 40.6. The lowest BCUT2D eigenvalue weighted by Gasteiger charge is -2.41. The van der Waals surface area contributed by atoms with Gasteiger partial charge in [-0.25, -0.2) is 0 Å². The van der Waals surface area contributed by atoms with Crippen molar-refractivity contribution in [2.45, 2.75) is 63.6 Å². The molecule has 0 radical (unpaired) electrons. The normalized spacial score (nSPS) is 29.5. The Hall–Kier alpha value is -2.17. The summed E-state index contributed by atoms with van der Waals surface area (Å²) in [5.41, 5.74) is 1.76. The van der Waals surface area contributed by atoms with E-state index in [1.165, 1.54) is 4.90 Å². The first kappa shape index (κ1) is 15.4. The van der Waals surface area contributed by atoms with E-state index in [9.17, 15) is 14.4 Å². The van der Waals surface area contributed by atoms with E-state index >= 15 is 0 Å². The lowest BCUT2D eigenvalue weighted by Crippen LogP contribution is -2.53. The number of carbonyl (C=O) groups is 3. The van der Waals surface area contributed by atoms with E-state index in [0.29, 0.717) is 12.8 Å². The monoisotopic (exact) mass is 326 g/mol. The third kappa shape index (κ3) is 2.34. The van der Waals surface area contributed by atoms with Crippen molar-refractivity contribution < 1.29 is 14.4 Å². The minimum atomic E-state index is -0.0388. The van der Waals surface area contributed by atoms with Gasteiger partial charge in [0.2, 0.25) is 11.8 Å². The number of piperidine rings is 1. The molecule has 3 fully saturated rings. The molecule has 3 aliphatic heterocycles. The van der Waals surface area contributed by atoms with Crippen LogP contribution in [0.1, 0.15) is 54.4 Å². The molecule has 5 nitrogen and oxygen atoms in total. The maximum absolute atomic E-state index is 13.0. The Morgan fingerprint density at radius 3 is 2.12 bits per heavy atom. The van der Waals surface area contributed by atoms with Crippen molar-refractivity contribution in [3.8, 4) is 0 Å². The molecule has 24 heavy (non-hydrogen) atoms. The molecule has 3 amide bonds. The topological polar surface area (TPSA) is 57.7 Å². The number of benzene rings is 1. The molecule has 0 saturated carbocycles. The molecule has 4 rings (SSSR count). The first-order chi connectivity index (χ1) is 11.6. The van der Waals surface area contributed by atoms with Gasteiger partial charge in [0.1, 0.15) is 0 Å². The fourth-order valence-electron chi connectivity index (χ4n) is 4.64. The van der Waals surface area contributed by atoms with Gasteiger partial charge in [-0.3, -0.25) is 19.3 Å². The molecule has 1 aromatic rings. The van der Waals surface area contributed by atoms with Gasteiger partial charge in [-0.2, -0.15) is 0 Å². The molecule has 0 aliphatic carbocycles. The number of fused-ring (bicyclic) bond motifs is 2. The van der Waals surface area contributed by atoms with E-state index in [1.807, 2.05) is 36.1 Å². The Morgan fingerprint density at radius 2 is 1.54 bits per heavy atom. The molecule has 2 atom stereocenters. The van der Waals surface area contributed by atoms with Gasteiger partial charge < -0.3 is 4.90 Å². The molecule has 3 aliphatic rings. The minimum Gasteiger partial charge on any atom is -0.333 e. The summed E-state index contributed by atoms with van der Waals surface area (Å²) in [6, 6.07) is 7.95. The van der Waals surface area contributed by atoms with Crippen molar-refractivity contribution in [1.82, 2.24) is 9.80 Å². The van der Waals surface area contributed by atoms with Gasteiger partial charge in [-0.15, -0.1) is 0 Å². The number of likely N-dealkylation sites (tertiary alicyclic amines) is 1. The summed E-state index contributed by atoms with van der Waals surface area (Å²) >= 11 is 0. The van der Waals surface area contributed by atoms with Crippen molar-refractivity contribution >= 4 is 17.7 Å². The van der Waals surface area contributed by atoms with Crippen molar-refractivity contribution in [2.24, 2.45) is 0 Å². The van der Waals surface area contributed by atoms with E-state index in [4.69, 9.17) is 0 Å². The quantitative estimate of drug-likeness (QED) is 0.784. The number of carbonyl (C=O) groups excluding carboxylic acids is 3. The lowest BCUT2D eigenvalue weighted by atomic mass is 9.94. The lowest BCUT2D eigenvalue weighted by molar-refractivity contribution is -0.142. The summed E-state index contributed by atoms with van der Waals surface area (Å²) in [6.45, 7) is 1.96. The van der Waals surface area contributed by atoms with E-state index in [0.717, 1.165) is 36.8 Å². The molecule has 3 saturated heterocycles. The second-order valence-electron chi connectivity index (χ2n) is 7.20. The zero-order chi connectivity index (χ0) is 16.8. The number of nitrogens with zero attached hydrogens (tertiary/aromatic N) is 2. The average molecular weight is 326 g/mol. The first-order valence-corrected chi connectivity index (χ1v) is 8.79. The van der Waals surface area contributed by atoms with Gasteiger partial charge in [0, 0.05) is 36.5 Å². The first-order valence-electron chi connectivity index (χ1n) is 8.79. The smallest absolute Gasteiger partial charge is 0.254 e. The number of hydrogen-bond acceptors (Lipinski definition) is 3. The molecular weight excluding hydrogens is 304 g/mol. The summed E-state index contributed by atoms with van der Waals surface area (Å²) in [6.07, 6.45) is 4.08. The summed E-state index contributed by atoms with van der Waals surface area (Å²) in [5.74, 6) is 0.0179. The highest BCUT2D eigenvalue weighted by atomic mass is 16.2. The van der Waals surface area contributed by atoms with Crippen LogP contribution in [0.5, 0.6) is 0 Å². The van der Waals surface area contributed by atoms with Crippen molar-refractivity contribution in [3.63, 3.8) is 0 Å². The van der Waals surface area contributed by atoms with Gasteiger partial charge in [0.25, 0.3) is 5.91 Å². The van der Waals surface area contributed by atoms with Crippen LogP contribution in [0.3, 0.4) is 0 Å². The maximum atomic E-state index is 13.0. The molecule has 0 aromatic heterocycles. The summed E-state index contributed by atoms with van der Waals surface area (Å²) < 4.78 is 0. The van der Waals surface area contributed by atoms with Crippen LogP contribution in [-0.2, 0) is 9.59 Å². The third-order valence-corrected chi connectivity index (χ3v) is 5.77. The van der Waals surface area contributed by atoms with Gasteiger partial charge in [-0.1, -0.05) is 18.2 Å². The molecule has 1 aromatic carbocycles. The Labute approximate surface area is 141 Å². The number of aryl methyl sites for hydroxylation is 1. The SMILES string of the molecule is Cc1ccccc1C(=O)N1C2CCC1CC(N1C(=O)CCC1=O)C2. The largest absolute Gasteiger partial charge is 0.333 e. The standard InChI is InChI=1S/C19H22N2O3/c1-12-4-2-3-5-16(12)19(24)20-13-6-7-14(20)11-15(10-13)21-17(22)8-9-18(21)23/h2-5,13-15H,6-11H2,1H3. The predicted octanol–water partition coefficient (Wildman–Crippen LogP) is 2.28. The zero-order valence-corrected chi connectivity index (χ0v) is 13.9. The fourth-order valence-corrected chi connectivity index (χ4v) is 4.64. The second kappa shape index (κ2) is 5.72. The average Bonchev–Trinajstić information content (AvgIpc) is 3.03. The summed E-state index contributed by atoms with van der Waals surface area (Å²) in [7, 11) is 0. The zero-order valence-electron chi connectivity index (χ0n) is 13.9. The van der Waals surface area contributed by atoms with E-state index in [2.05, 4.69) is 0 Å². The van der Waals surface area contributed by atoms with E-state index in [1.54, 1.807) is 0 Å². The van der Waals surface area contributed by atoms with Gasteiger partial charge in [0.15, 0.2) is 0 Å². The predicted molar refractivity (Wildman–Crippen MR) is 88.3 cm³/mol. The molecule has 2 bridgehead atoms. The molecule has 126 valence electrons. The fraction of sp³-hybridized carbons (Fsp3) is 0.526. The number of imide groups is 1. The van der Waals surface area contributed by atoms with Crippen LogP contribution in [0.4, 0.5) is 0 Å². The van der Waals surface area contributed by atoms with Crippen LogP contribution in [0.25, 0.3) is 0 Å². The third-order valence-electron chi connectivity index (χ3n) is 5.77. The maximum Gasteiger partial charge on any atom is 0.254 e. The van der Waals surface area contributed by atoms with E-state index < -0.39 is 0 Å². The van der Waals surface area contributed by atoms with Gasteiger partial charge >= 0.3 is 0 Å². The van der Waals surface area contributed by atoms with Crippen molar-refractivity contribution in [1.29, 1.82) is 0 Å². The van der Waals surface area contributed by atoms with Crippen LogP contribution in [-0.4, -0.2) is 45.6 Å².